The number of aliphatic hydroxyl groups excluding tert-OH is 1. The molecule has 13 heavy (non-hydrogen) atoms. The van der Waals surface area contributed by atoms with Crippen LogP contribution in [0.5, 0.6) is 0 Å². The first-order chi connectivity index (χ1) is 6.29. The SMILES string of the molecule is CCCN1CC(N2CCC(O)C2)C1. The van der Waals surface area contributed by atoms with Crippen molar-refractivity contribution in [2.75, 3.05) is 32.7 Å². The molecule has 0 aliphatic carbocycles. The zero-order valence-corrected chi connectivity index (χ0v) is 8.45. The van der Waals surface area contributed by atoms with Crippen LogP contribution in [0, 0.1) is 0 Å². The highest BCUT2D eigenvalue weighted by atomic mass is 16.3. The van der Waals surface area contributed by atoms with Crippen LogP contribution in [0.3, 0.4) is 0 Å². The highest BCUT2D eigenvalue weighted by Gasteiger charge is 2.34. The molecular formula is C10H20N2O. The molecule has 0 aromatic rings. The number of aliphatic hydroxyl groups is 1. The van der Waals surface area contributed by atoms with E-state index in [4.69, 9.17) is 0 Å². The highest BCUT2D eigenvalue weighted by molar-refractivity contribution is 4.91. The van der Waals surface area contributed by atoms with Crippen molar-refractivity contribution in [2.24, 2.45) is 0 Å². The molecular weight excluding hydrogens is 164 g/mol. The maximum absolute atomic E-state index is 9.38. The van der Waals surface area contributed by atoms with Gasteiger partial charge in [-0.3, -0.25) is 4.90 Å². The zero-order chi connectivity index (χ0) is 9.26. The Kier molecular flexibility index (Phi) is 2.86. The minimum Gasteiger partial charge on any atom is -0.392 e. The van der Waals surface area contributed by atoms with Gasteiger partial charge >= 0.3 is 0 Å². The Morgan fingerprint density at radius 2 is 2.08 bits per heavy atom. The van der Waals surface area contributed by atoms with Crippen LogP contribution in [-0.2, 0) is 0 Å². The number of likely N-dealkylation sites (tertiary alicyclic amines) is 2. The van der Waals surface area contributed by atoms with Crippen LogP contribution < -0.4 is 0 Å². The molecule has 2 rings (SSSR count). The molecule has 1 atom stereocenters. The summed E-state index contributed by atoms with van der Waals surface area (Å²) in [5.41, 5.74) is 0. The molecule has 2 fully saturated rings. The largest absolute Gasteiger partial charge is 0.392 e. The standard InChI is InChI=1S/C10H20N2O/c1-2-4-11-6-9(7-11)12-5-3-10(13)8-12/h9-10,13H,2-8H2,1H3. The summed E-state index contributed by atoms with van der Waals surface area (Å²) in [4.78, 5) is 4.94. The van der Waals surface area contributed by atoms with Crippen molar-refractivity contribution in [1.82, 2.24) is 9.80 Å². The van der Waals surface area contributed by atoms with Gasteiger partial charge in [-0.25, -0.2) is 0 Å². The van der Waals surface area contributed by atoms with Gasteiger partial charge in [0.15, 0.2) is 0 Å². The predicted octanol–water partition coefficient (Wildman–Crippen LogP) is 0.147. The summed E-state index contributed by atoms with van der Waals surface area (Å²) in [5.74, 6) is 0. The lowest BCUT2D eigenvalue weighted by Gasteiger charge is -2.44. The van der Waals surface area contributed by atoms with Crippen molar-refractivity contribution in [3.63, 3.8) is 0 Å². The lowest BCUT2D eigenvalue weighted by atomic mass is 10.1. The number of nitrogens with zero attached hydrogens (tertiary/aromatic N) is 2. The fraction of sp³-hybridized carbons (Fsp3) is 1.00. The zero-order valence-electron chi connectivity index (χ0n) is 8.45. The topological polar surface area (TPSA) is 26.7 Å². The van der Waals surface area contributed by atoms with Gasteiger partial charge in [0, 0.05) is 32.2 Å². The normalized spacial score (nSPS) is 32.3. The fourth-order valence-electron chi connectivity index (χ4n) is 2.37. The summed E-state index contributed by atoms with van der Waals surface area (Å²) >= 11 is 0. The first kappa shape index (κ1) is 9.44. The van der Waals surface area contributed by atoms with Crippen LogP contribution in [0.25, 0.3) is 0 Å². The Balaban J connectivity index is 1.68. The molecule has 0 bridgehead atoms. The van der Waals surface area contributed by atoms with Crippen molar-refractivity contribution in [2.45, 2.75) is 31.9 Å². The fourth-order valence-corrected chi connectivity index (χ4v) is 2.37. The molecule has 3 nitrogen and oxygen atoms in total. The second-order valence-electron chi connectivity index (χ2n) is 4.35. The van der Waals surface area contributed by atoms with E-state index in [1.54, 1.807) is 0 Å². The Morgan fingerprint density at radius 3 is 2.62 bits per heavy atom. The third kappa shape index (κ3) is 2.03. The summed E-state index contributed by atoms with van der Waals surface area (Å²) in [6.45, 7) is 7.93. The molecule has 76 valence electrons. The van der Waals surface area contributed by atoms with E-state index in [1.807, 2.05) is 0 Å². The third-order valence-corrected chi connectivity index (χ3v) is 3.19. The lowest BCUT2D eigenvalue weighted by Crippen LogP contribution is -2.58. The number of β-amino-alcohol motifs (C(OH)–C–C–N with tert-alkyl or cyclic N) is 1. The van der Waals surface area contributed by atoms with Crippen LogP contribution in [-0.4, -0.2) is 59.8 Å². The molecule has 2 aliphatic heterocycles. The molecule has 0 radical (unpaired) electrons. The molecule has 0 saturated carbocycles. The maximum atomic E-state index is 9.38. The summed E-state index contributed by atoms with van der Waals surface area (Å²) in [5, 5.41) is 9.38. The van der Waals surface area contributed by atoms with E-state index in [-0.39, 0.29) is 6.10 Å². The second-order valence-corrected chi connectivity index (χ2v) is 4.35. The monoisotopic (exact) mass is 184 g/mol. The average molecular weight is 184 g/mol. The van der Waals surface area contributed by atoms with Gasteiger partial charge in [0.25, 0.3) is 0 Å². The first-order valence-electron chi connectivity index (χ1n) is 5.44. The van der Waals surface area contributed by atoms with E-state index in [9.17, 15) is 5.11 Å². The van der Waals surface area contributed by atoms with Crippen LogP contribution in [0.1, 0.15) is 19.8 Å². The highest BCUT2D eigenvalue weighted by Crippen LogP contribution is 2.20. The van der Waals surface area contributed by atoms with E-state index in [0.717, 1.165) is 25.6 Å². The Hall–Kier alpha value is -0.120. The van der Waals surface area contributed by atoms with Crippen molar-refractivity contribution < 1.29 is 5.11 Å². The quantitative estimate of drug-likeness (QED) is 0.676. The molecule has 2 heterocycles. The van der Waals surface area contributed by atoms with Crippen LogP contribution in [0.15, 0.2) is 0 Å². The predicted molar refractivity (Wildman–Crippen MR) is 52.7 cm³/mol. The first-order valence-corrected chi connectivity index (χ1v) is 5.44. The van der Waals surface area contributed by atoms with E-state index in [2.05, 4.69) is 16.7 Å². The average Bonchev–Trinajstić information content (AvgIpc) is 2.43. The Labute approximate surface area is 80.3 Å². The van der Waals surface area contributed by atoms with Gasteiger partial charge < -0.3 is 10.0 Å². The molecule has 0 aromatic heterocycles. The molecule has 1 N–H and O–H groups in total. The Morgan fingerprint density at radius 1 is 1.31 bits per heavy atom. The summed E-state index contributed by atoms with van der Waals surface area (Å²) in [7, 11) is 0. The van der Waals surface area contributed by atoms with Crippen LogP contribution in [0.4, 0.5) is 0 Å². The Bertz CT molecular complexity index is 168. The van der Waals surface area contributed by atoms with Crippen LogP contribution >= 0.6 is 0 Å². The summed E-state index contributed by atoms with van der Waals surface area (Å²) in [6, 6.07) is 0.740. The van der Waals surface area contributed by atoms with Gasteiger partial charge in [-0.2, -0.15) is 0 Å². The molecule has 1 unspecified atom stereocenters. The molecule has 2 aliphatic rings. The van der Waals surface area contributed by atoms with Gasteiger partial charge in [-0.05, 0) is 19.4 Å². The van der Waals surface area contributed by atoms with Gasteiger partial charge in [0.2, 0.25) is 0 Å². The van der Waals surface area contributed by atoms with Gasteiger partial charge in [-0.15, -0.1) is 0 Å². The number of hydrogen-bond donors (Lipinski definition) is 1. The van der Waals surface area contributed by atoms with Gasteiger partial charge in [-0.1, -0.05) is 6.92 Å². The molecule has 2 saturated heterocycles. The minimum atomic E-state index is -0.0553. The van der Waals surface area contributed by atoms with E-state index < -0.39 is 0 Å². The molecule has 3 heteroatoms. The molecule has 0 amide bonds. The molecule has 0 aromatic carbocycles. The minimum absolute atomic E-state index is 0.0553. The van der Waals surface area contributed by atoms with Crippen molar-refractivity contribution >= 4 is 0 Å². The summed E-state index contributed by atoms with van der Waals surface area (Å²) in [6.07, 6.45) is 2.18. The van der Waals surface area contributed by atoms with Gasteiger partial charge in [0.1, 0.15) is 0 Å². The lowest BCUT2D eigenvalue weighted by molar-refractivity contribution is 0.0402. The van der Waals surface area contributed by atoms with Crippen LogP contribution in [0.2, 0.25) is 0 Å². The second kappa shape index (κ2) is 3.95. The maximum Gasteiger partial charge on any atom is 0.0679 e. The van der Waals surface area contributed by atoms with Crippen molar-refractivity contribution in [1.29, 1.82) is 0 Å². The van der Waals surface area contributed by atoms with E-state index >= 15 is 0 Å². The van der Waals surface area contributed by atoms with Crippen molar-refractivity contribution in [3.8, 4) is 0 Å². The third-order valence-electron chi connectivity index (χ3n) is 3.19. The number of rotatable bonds is 3. The van der Waals surface area contributed by atoms with Gasteiger partial charge in [0.05, 0.1) is 6.10 Å². The summed E-state index contributed by atoms with van der Waals surface area (Å²) < 4.78 is 0. The molecule has 0 spiro atoms. The van der Waals surface area contributed by atoms with Crippen molar-refractivity contribution in [3.05, 3.63) is 0 Å². The van der Waals surface area contributed by atoms with E-state index in [1.165, 1.54) is 26.1 Å². The van der Waals surface area contributed by atoms with E-state index in [0.29, 0.717) is 0 Å². The number of hydrogen-bond acceptors (Lipinski definition) is 3. The smallest absolute Gasteiger partial charge is 0.0679 e.